The van der Waals surface area contributed by atoms with Crippen LogP contribution in [0.4, 0.5) is 0 Å². The second-order valence-electron chi connectivity index (χ2n) is 30.1. The summed E-state index contributed by atoms with van der Waals surface area (Å²) in [5.74, 6) is 1.21. The summed E-state index contributed by atoms with van der Waals surface area (Å²) in [5, 5.41) is 0. The first-order valence-electron chi connectivity index (χ1n) is 43.4. The van der Waals surface area contributed by atoms with Crippen molar-refractivity contribution in [2.45, 2.75) is 375 Å². The minimum Gasteiger partial charge on any atom is -0.426 e. The normalized spacial score (nSPS) is 11.0. The minimum atomic E-state index is -0.209. The Morgan fingerprint density at radius 3 is 0.500 bits per heavy atom. The fourth-order valence-electron chi connectivity index (χ4n) is 14.0. The largest absolute Gasteiger partial charge is 0.426 e. The molecule has 0 aliphatic carbocycles. The highest BCUT2D eigenvalue weighted by Crippen LogP contribution is 2.39. The predicted molar refractivity (Wildman–Crippen MR) is 450 cm³/mol. The Kier molecular flexibility index (Phi) is 54.6. The number of aryl methyl sites for hydroxylation is 2. The average Bonchev–Trinajstić information content (AvgIpc) is 0.828. The molecule has 8 heteroatoms. The molecule has 0 saturated carbocycles. The van der Waals surface area contributed by atoms with Crippen LogP contribution in [0.5, 0.6) is 23.0 Å². The smallest absolute Gasteiger partial charge is 0.311 e. The maximum atomic E-state index is 12.8. The van der Waals surface area contributed by atoms with Crippen LogP contribution < -0.4 is 18.9 Å². The molecule has 0 unspecified atom stereocenters. The fraction of sp³-hybridized carbons (Fsp3) is 0.592. The van der Waals surface area contributed by atoms with Crippen LogP contribution in [0.25, 0.3) is 33.4 Å². The van der Waals surface area contributed by atoms with Crippen molar-refractivity contribution < 1.29 is 38.1 Å². The van der Waals surface area contributed by atoms with Gasteiger partial charge in [-0.05, 0) is 86.1 Å². The first-order valence-corrected chi connectivity index (χ1v) is 43.4. The molecule has 0 aliphatic heterocycles. The zero-order valence-corrected chi connectivity index (χ0v) is 67.9. The Labute approximate surface area is 646 Å². The molecule has 6 aromatic carbocycles. The standard InChI is InChI=1S/C44H70O4.C40H62O4.C14H14/c1-3-5-7-9-11-13-15-17-19-21-23-25-27-37-43(45)47-41-35-31-29-33-39(41)40-34-30-32-36-42(40)48-44(46)38-28-26-24-22-20-18-16-14-12-10-8-6-4-2;1-3-5-7-9-11-13-15-17-19-21-23-33-39(41)43-37-31-27-25-29-35(37)36-30-26-28-32-38(36)44-40(42)34-24-22-20-18-16-14-12-10-8-6-4-2;1-11-7-3-5-9-13(11)14-10-6-4-8-12(14)2/h29-36H,3-28,37-38H2,1-2H3;25-32H,3-24,33-34H2,1-2H3;3-10H,1-2H3. The van der Waals surface area contributed by atoms with Crippen molar-refractivity contribution in [3.05, 3.63) is 157 Å². The van der Waals surface area contributed by atoms with E-state index in [0.717, 1.165) is 73.6 Å². The Bertz CT molecular complexity index is 2970. The van der Waals surface area contributed by atoms with Gasteiger partial charge in [-0.25, -0.2) is 0 Å². The lowest BCUT2D eigenvalue weighted by molar-refractivity contribution is -0.135. The summed E-state index contributed by atoms with van der Waals surface area (Å²) in [4.78, 5) is 50.9. The molecular weight excluding hydrogens is 1310 g/mol. The van der Waals surface area contributed by atoms with E-state index >= 15 is 0 Å². The number of rotatable bonds is 59. The molecule has 0 fully saturated rings. The van der Waals surface area contributed by atoms with Crippen LogP contribution in [0, 0.1) is 13.8 Å². The van der Waals surface area contributed by atoms with Crippen molar-refractivity contribution in [2.24, 2.45) is 0 Å². The lowest BCUT2D eigenvalue weighted by Gasteiger charge is -2.14. The fourth-order valence-corrected chi connectivity index (χ4v) is 14.0. The van der Waals surface area contributed by atoms with E-state index in [-0.39, 0.29) is 23.9 Å². The van der Waals surface area contributed by atoms with E-state index in [1.165, 1.54) is 279 Å². The zero-order valence-electron chi connectivity index (χ0n) is 67.9. The third-order valence-electron chi connectivity index (χ3n) is 20.5. The number of esters is 4. The average molecular weight is 1450 g/mol. The molecule has 0 radical (unpaired) electrons. The highest BCUT2D eigenvalue weighted by atomic mass is 16.5. The molecule has 106 heavy (non-hydrogen) atoms. The molecule has 0 N–H and O–H groups in total. The molecule has 8 nitrogen and oxygen atoms in total. The van der Waals surface area contributed by atoms with Crippen molar-refractivity contribution >= 4 is 23.9 Å². The van der Waals surface area contributed by atoms with Gasteiger partial charge in [0.05, 0.1) is 0 Å². The highest BCUT2D eigenvalue weighted by molar-refractivity contribution is 5.84. The van der Waals surface area contributed by atoms with Crippen LogP contribution in [0.15, 0.2) is 146 Å². The topological polar surface area (TPSA) is 105 Å². The van der Waals surface area contributed by atoms with E-state index < -0.39 is 0 Å². The maximum Gasteiger partial charge on any atom is 0.311 e. The first kappa shape index (κ1) is 91.6. The first-order chi connectivity index (χ1) is 52.1. The number of para-hydroxylation sites is 4. The summed E-state index contributed by atoms with van der Waals surface area (Å²) in [6, 6.07) is 47.1. The molecule has 0 aliphatic rings. The Morgan fingerprint density at radius 1 is 0.189 bits per heavy atom. The molecule has 0 atom stereocenters. The van der Waals surface area contributed by atoms with Crippen LogP contribution in [-0.4, -0.2) is 23.9 Å². The van der Waals surface area contributed by atoms with E-state index in [2.05, 4.69) is 90.1 Å². The quantitative estimate of drug-likeness (QED) is 0.0211. The SMILES string of the molecule is CCCCCCCCCCCCCC(=O)Oc1ccccc1-c1ccccc1OC(=O)CCCCCCCCCCCCC.CCCCCCCCCCCCCCCC(=O)Oc1ccccc1-c1ccccc1OC(=O)CCCCCCCCCCCCCCC.Cc1ccccc1-c1ccccc1C. The van der Waals surface area contributed by atoms with Gasteiger partial charge in [-0.15, -0.1) is 0 Å². The third kappa shape index (κ3) is 43.9. The number of hydrogen-bond donors (Lipinski definition) is 0. The van der Waals surface area contributed by atoms with Gasteiger partial charge in [0.1, 0.15) is 23.0 Å². The van der Waals surface area contributed by atoms with Crippen LogP contribution in [0.1, 0.15) is 373 Å². The number of unbranched alkanes of at least 4 members (excludes halogenated alkanes) is 44. The Balaban J connectivity index is 0.000000378. The van der Waals surface area contributed by atoms with E-state index in [0.29, 0.717) is 48.7 Å². The number of ether oxygens (including phenoxy) is 4. The van der Waals surface area contributed by atoms with Gasteiger partial charge in [-0.2, -0.15) is 0 Å². The molecule has 0 amide bonds. The number of carbonyl (C=O) groups excluding carboxylic acids is 4. The van der Waals surface area contributed by atoms with Gasteiger partial charge in [0.2, 0.25) is 0 Å². The van der Waals surface area contributed by atoms with Gasteiger partial charge in [-0.1, -0.05) is 432 Å². The van der Waals surface area contributed by atoms with Crippen molar-refractivity contribution in [3.8, 4) is 56.4 Å². The van der Waals surface area contributed by atoms with E-state index in [1.54, 1.807) is 0 Å². The van der Waals surface area contributed by atoms with Crippen LogP contribution in [-0.2, 0) is 19.2 Å². The van der Waals surface area contributed by atoms with Gasteiger partial charge in [0.15, 0.2) is 0 Å². The van der Waals surface area contributed by atoms with Gasteiger partial charge < -0.3 is 18.9 Å². The van der Waals surface area contributed by atoms with Crippen LogP contribution in [0.2, 0.25) is 0 Å². The summed E-state index contributed by atoms with van der Waals surface area (Å²) in [5.41, 5.74) is 8.40. The lowest BCUT2D eigenvalue weighted by atomic mass is 9.97. The van der Waals surface area contributed by atoms with Crippen molar-refractivity contribution in [2.75, 3.05) is 0 Å². The summed E-state index contributed by atoms with van der Waals surface area (Å²) < 4.78 is 23.3. The molecule has 586 valence electrons. The molecule has 6 rings (SSSR count). The summed E-state index contributed by atoms with van der Waals surface area (Å²) >= 11 is 0. The highest BCUT2D eigenvalue weighted by Gasteiger charge is 2.19. The predicted octanol–water partition coefficient (Wildman–Crippen LogP) is 30.7. The number of hydrogen-bond acceptors (Lipinski definition) is 8. The van der Waals surface area contributed by atoms with Crippen molar-refractivity contribution in [3.63, 3.8) is 0 Å². The van der Waals surface area contributed by atoms with Crippen molar-refractivity contribution in [1.29, 1.82) is 0 Å². The monoisotopic (exact) mass is 1450 g/mol. The summed E-state index contributed by atoms with van der Waals surface area (Å²) in [7, 11) is 0. The van der Waals surface area contributed by atoms with E-state index in [1.807, 2.05) is 97.1 Å². The molecule has 0 aromatic heterocycles. The molecule has 6 aromatic rings. The molecule has 0 bridgehead atoms. The second-order valence-corrected chi connectivity index (χ2v) is 30.1. The Hall–Kier alpha value is -6.80. The minimum absolute atomic E-state index is 0.206. The lowest BCUT2D eigenvalue weighted by Crippen LogP contribution is -2.10. The third-order valence-corrected chi connectivity index (χ3v) is 20.5. The summed E-state index contributed by atoms with van der Waals surface area (Å²) in [6.45, 7) is 13.4. The van der Waals surface area contributed by atoms with E-state index in [9.17, 15) is 19.2 Å². The molecule has 0 spiro atoms. The number of carbonyl (C=O) groups is 4. The Morgan fingerprint density at radius 2 is 0.330 bits per heavy atom. The summed E-state index contributed by atoms with van der Waals surface area (Å²) in [6.07, 6.45) is 62.3. The zero-order chi connectivity index (χ0) is 75.8. The maximum absolute atomic E-state index is 12.8. The van der Waals surface area contributed by atoms with Gasteiger partial charge in [0.25, 0.3) is 0 Å². The van der Waals surface area contributed by atoms with Crippen molar-refractivity contribution in [1.82, 2.24) is 0 Å². The van der Waals surface area contributed by atoms with Crippen LogP contribution in [0.3, 0.4) is 0 Å². The second kappa shape index (κ2) is 63.2. The molecular formula is C98H146O8. The van der Waals surface area contributed by atoms with E-state index in [4.69, 9.17) is 18.9 Å². The van der Waals surface area contributed by atoms with Gasteiger partial charge >= 0.3 is 23.9 Å². The van der Waals surface area contributed by atoms with Gasteiger partial charge in [-0.3, -0.25) is 19.2 Å². The van der Waals surface area contributed by atoms with Gasteiger partial charge in [0, 0.05) is 47.9 Å². The molecule has 0 heterocycles. The van der Waals surface area contributed by atoms with Crippen LogP contribution >= 0.6 is 0 Å². The number of benzene rings is 6. The molecule has 0 saturated heterocycles.